The quantitative estimate of drug-likeness (QED) is 0.641. The largest absolute Gasteiger partial charge is 0.497 e. The number of amides is 1. The van der Waals surface area contributed by atoms with Crippen LogP contribution in [0.25, 0.3) is 0 Å². The van der Waals surface area contributed by atoms with E-state index >= 15 is 0 Å². The fourth-order valence-corrected chi connectivity index (χ4v) is 4.09. The van der Waals surface area contributed by atoms with Crippen LogP contribution in [0.1, 0.15) is 29.8 Å². The summed E-state index contributed by atoms with van der Waals surface area (Å²) in [6, 6.07) is 14.0. The van der Waals surface area contributed by atoms with Gasteiger partial charge in [0, 0.05) is 11.3 Å². The fraction of sp³-hybridized carbons (Fsp3) is 0.316. The molecule has 0 heterocycles. The monoisotopic (exact) mass is 377 g/mol. The van der Waals surface area contributed by atoms with Crippen LogP contribution in [0.4, 0.5) is 5.69 Å². The molecule has 0 saturated carbocycles. The maximum Gasteiger partial charge on any atom is 0.335 e. The van der Waals surface area contributed by atoms with Crippen LogP contribution in [-0.2, 0) is 19.8 Å². The van der Waals surface area contributed by atoms with Gasteiger partial charge in [-0.25, -0.2) is 0 Å². The number of nitrogens with one attached hydrogen (secondary N) is 1. The van der Waals surface area contributed by atoms with Crippen molar-refractivity contribution in [1.29, 1.82) is 0 Å². The van der Waals surface area contributed by atoms with Crippen LogP contribution < -0.4 is 10.1 Å². The van der Waals surface area contributed by atoms with Crippen LogP contribution in [0.5, 0.6) is 5.75 Å². The van der Waals surface area contributed by atoms with Crippen LogP contribution in [0.15, 0.2) is 48.5 Å². The Morgan fingerprint density at radius 2 is 1.54 bits per heavy atom. The van der Waals surface area contributed by atoms with Crippen molar-refractivity contribution in [2.75, 3.05) is 25.6 Å². The first-order valence-corrected chi connectivity index (χ1v) is 10.1. The zero-order chi connectivity index (χ0) is 19.0. The van der Waals surface area contributed by atoms with Crippen LogP contribution in [0, 0.1) is 0 Å². The molecule has 0 saturated heterocycles. The molecule has 0 bridgehead atoms. The minimum Gasteiger partial charge on any atom is -0.497 e. The minimum absolute atomic E-state index is 0.176. The predicted octanol–water partition coefficient (Wildman–Crippen LogP) is 4.71. The van der Waals surface area contributed by atoms with Crippen molar-refractivity contribution >= 4 is 19.2 Å². The van der Waals surface area contributed by atoms with Crippen LogP contribution in [-0.4, -0.2) is 26.2 Å². The van der Waals surface area contributed by atoms with E-state index < -0.39 is 7.60 Å². The normalized spacial score (nSPS) is 11.2. The second kappa shape index (κ2) is 9.53. The van der Waals surface area contributed by atoms with Gasteiger partial charge >= 0.3 is 7.60 Å². The summed E-state index contributed by atoms with van der Waals surface area (Å²) < 4.78 is 28.2. The first-order chi connectivity index (χ1) is 12.5. The van der Waals surface area contributed by atoms with E-state index in [-0.39, 0.29) is 12.1 Å². The summed E-state index contributed by atoms with van der Waals surface area (Å²) in [5, 5.41) is 2.82. The van der Waals surface area contributed by atoms with Crippen molar-refractivity contribution < 1.29 is 23.1 Å². The highest BCUT2D eigenvalue weighted by molar-refractivity contribution is 7.53. The van der Waals surface area contributed by atoms with E-state index in [2.05, 4.69) is 5.32 Å². The van der Waals surface area contributed by atoms with Gasteiger partial charge in [0.25, 0.3) is 5.91 Å². The van der Waals surface area contributed by atoms with Gasteiger partial charge in [0.15, 0.2) is 0 Å². The summed E-state index contributed by atoms with van der Waals surface area (Å²) in [6.07, 6.45) is 0.176. The Morgan fingerprint density at radius 1 is 0.962 bits per heavy atom. The van der Waals surface area contributed by atoms with E-state index in [1.165, 1.54) is 0 Å². The van der Waals surface area contributed by atoms with Crippen molar-refractivity contribution in [3.63, 3.8) is 0 Å². The van der Waals surface area contributed by atoms with E-state index in [0.29, 0.717) is 24.5 Å². The molecule has 0 aliphatic heterocycles. The van der Waals surface area contributed by atoms with Crippen molar-refractivity contribution in [3.8, 4) is 5.75 Å². The third-order valence-corrected chi connectivity index (χ3v) is 5.65. The SMILES string of the molecule is CCOP(=O)(Cc1ccc(C(=O)Nc2ccc(OC)cc2)cc1)OCC. The third kappa shape index (κ3) is 5.70. The molecule has 26 heavy (non-hydrogen) atoms. The highest BCUT2D eigenvalue weighted by Crippen LogP contribution is 2.51. The minimum atomic E-state index is -3.16. The topological polar surface area (TPSA) is 73.9 Å². The molecule has 0 aliphatic rings. The molecule has 0 radical (unpaired) electrons. The molecule has 7 heteroatoms. The predicted molar refractivity (Wildman–Crippen MR) is 102 cm³/mol. The molecular weight excluding hydrogens is 353 g/mol. The molecular formula is C19H24NO5P. The summed E-state index contributed by atoms with van der Waals surface area (Å²) in [7, 11) is -1.57. The van der Waals surface area contributed by atoms with Crippen molar-refractivity contribution in [1.82, 2.24) is 0 Å². The number of carbonyl (C=O) groups is 1. The van der Waals surface area contributed by atoms with Crippen LogP contribution in [0.2, 0.25) is 0 Å². The molecule has 0 aromatic heterocycles. The number of rotatable bonds is 9. The summed E-state index contributed by atoms with van der Waals surface area (Å²) in [4.78, 5) is 12.3. The number of methoxy groups -OCH3 is 1. The number of benzene rings is 2. The Bertz CT molecular complexity index is 749. The summed E-state index contributed by atoms with van der Waals surface area (Å²) in [5.41, 5.74) is 1.97. The Kier molecular flexibility index (Phi) is 7.39. The van der Waals surface area contributed by atoms with Gasteiger partial charge in [-0.2, -0.15) is 0 Å². The first kappa shape index (κ1) is 20.2. The van der Waals surface area contributed by atoms with E-state index in [1.807, 2.05) is 0 Å². The van der Waals surface area contributed by atoms with Gasteiger partial charge in [0.05, 0.1) is 26.5 Å². The summed E-state index contributed by atoms with van der Waals surface area (Å²) >= 11 is 0. The number of hydrogen-bond donors (Lipinski definition) is 1. The number of ether oxygens (including phenoxy) is 1. The van der Waals surface area contributed by atoms with Crippen molar-refractivity contribution in [2.24, 2.45) is 0 Å². The molecule has 6 nitrogen and oxygen atoms in total. The Morgan fingerprint density at radius 3 is 2.04 bits per heavy atom. The molecule has 2 aromatic rings. The average Bonchev–Trinajstić information content (AvgIpc) is 2.63. The van der Waals surface area contributed by atoms with Gasteiger partial charge in [-0.1, -0.05) is 12.1 Å². The van der Waals surface area contributed by atoms with Crippen LogP contribution in [0.3, 0.4) is 0 Å². The van der Waals surface area contributed by atoms with E-state index in [9.17, 15) is 9.36 Å². The molecule has 0 aliphatic carbocycles. The number of carbonyl (C=O) groups excluding carboxylic acids is 1. The van der Waals surface area contributed by atoms with Gasteiger partial charge in [-0.15, -0.1) is 0 Å². The van der Waals surface area contributed by atoms with Gasteiger partial charge in [0.2, 0.25) is 0 Å². The smallest absolute Gasteiger partial charge is 0.335 e. The van der Waals surface area contributed by atoms with Gasteiger partial charge in [-0.05, 0) is 55.8 Å². The second-order valence-corrected chi connectivity index (χ2v) is 7.54. The number of hydrogen-bond acceptors (Lipinski definition) is 5. The van der Waals surface area contributed by atoms with E-state index in [1.54, 1.807) is 69.5 Å². The van der Waals surface area contributed by atoms with E-state index in [0.717, 1.165) is 11.3 Å². The molecule has 1 amide bonds. The van der Waals surface area contributed by atoms with E-state index in [4.69, 9.17) is 13.8 Å². The Labute approximate surface area is 154 Å². The molecule has 2 rings (SSSR count). The van der Waals surface area contributed by atoms with Crippen molar-refractivity contribution in [3.05, 3.63) is 59.7 Å². The maximum absolute atomic E-state index is 12.6. The summed E-state index contributed by atoms with van der Waals surface area (Å²) in [6.45, 7) is 4.19. The van der Waals surface area contributed by atoms with Crippen LogP contribution >= 0.6 is 7.60 Å². The lowest BCUT2D eigenvalue weighted by molar-refractivity contribution is 0.102. The van der Waals surface area contributed by atoms with Crippen molar-refractivity contribution in [2.45, 2.75) is 20.0 Å². The Hall–Kier alpha value is -2.14. The average molecular weight is 377 g/mol. The highest BCUT2D eigenvalue weighted by Gasteiger charge is 2.24. The molecule has 0 spiro atoms. The molecule has 0 atom stereocenters. The number of anilines is 1. The summed E-state index contributed by atoms with van der Waals surface area (Å²) in [5.74, 6) is 0.500. The lowest BCUT2D eigenvalue weighted by Gasteiger charge is -2.17. The van der Waals surface area contributed by atoms with Gasteiger partial charge in [-0.3, -0.25) is 9.36 Å². The fourth-order valence-electron chi connectivity index (χ4n) is 2.38. The molecule has 140 valence electrons. The van der Waals surface area contributed by atoms with Gasteiger partial charge < -0.3 is 19.1 Å². The lowest BCUT2D eigenvalue weighted by atomic mass is 10.1. The molecule has 1 N–H and O–H groups in total. The Balaban J connectivity index is 2.03. The zero-order valence-corrected chi connectivity index (χ0v) is 16.1. The standard InChI is InChI=1S/C19H24NO5P/c1-4-24-26(22,25-5-2)14-15-6-8-16(9-7-15)19(21)20-17-10-12-18(23-3)13-11-17/h6-13H,4-5,14H2,1-3H3,(H,20,21). The highest BCUT2D eigenvalue weighted by atomic mass is 31.2. The third-order valence-electron chi connectivity index (χ3n) is 3.59. The lowest BCUT2D eigenvalue weighted by Crippen LogP contribution is -2.11. The maximum atomic E-state index is 12.6. The first-order valence-electron chi connectivity index (χ1n) is 8.42. The molecule has 0 fully saturated rings. The zero-order valence-electron chi connectivity index (χ0n) is 15.2. The molecule has 2 aromatic carbocycles. The van der Waals surface area contributed by atoms with Gasteiger partial charge in [0.1, 0.15) is 5.75 Å². The second-order valence-electron chi connectivity index (χ2n) is 5.48. The molecule has 0 unspecified atom stereocenters.